The second-order valence-electron chi connectivity index (χ2n) is 4.30. The highest BCUT2D eigenvalue weighted by Crippen LogP contribution is 2.21. The van der Waals surface area contributed by atoms with Gasteiger partial charge in [0.2, 0.25) is 0 Å². The number of aromatic nitrogens is 3. The zero-order chi connectivity index (χ0) is 13.9. The van der Waals surface area contributed by atoms with Gasteiger partial charge in [-0.1, -0.05) is 6.07 Å². The zero-order valence-corrected chi connectivity index (χ0v) is 11.0. The van der Waals surface area contributed by atoms with Crippen LogP contribution >= 0.6 is 0 Å². The number of hydrogen-bond acceptors (Lipinski definition) is 4. The largest absolute Gasteiger partial charge is 0.369 e. The van der Waals surface area contributed by atoms with E-state index in [9.17, 15) is 4.39 Å². The molecule has 2 heterocycles. The van der Waals surface area contributed by atoms with E-state index in [1.165, 1.54) is 12.1 Å². The van der Waals surface area contributed by atoms with E-state index < -0.39 is 0 Å². The maximum Gasteiger partial charge on any atom is 0.180 e. The minimum atomic E-state index is -0.294. The Balaban J connectivity index is 2.02. The first-order valence-electron chi connectivity index (χ1n) is 6.36. The van der Waals surface area contributed by atoms with Crippen molar-refractivity contribution < 1.29 is 4.39 Å². The molecule has 0 spiro atoms. The van der Waals surface area contributed by atoms with Gasteiger partial charge in [0.25, 0.3) is 0 Å². The zero-order valence-electron chi connectivity index (χ0n) is 11.0. The second kappa shape index (κ2) is 5.16. The van der Waals surface area contributed by atoms with Gasteiger partial charge in [-0.3, -0.25) is 0 Å². The predicted octanol–water partition coefficient (Wildman–Crippen LogP) is 3.04. The summed E-state index contributed by atoms with van der Waals surface area (Å²) in [5, 5.41) is 6.25. The Kier molecular flexibility index (Phi) is 3.20. The minimum absolute atomic E-state index is 0.294. The minimum Gasteiger partial charge on any atom is -0.369 e. The lowest BCUT2D eigenvalue weighted by atomic mass is 10.3. The second-order valence-corrected chi connectivity index (χ2v) is 4.30. The molecule has 0 aliphatic heterocycles. The maximum absolute atomic E-state index is 13.2. The summed E-state index contributed by atoms with van der Waals surface area (Å²) in [6.07, 6.45) is 5.40. The first kappa shape index (κ1) is 12.4. The molecule has 3 aromatic rings. The normalized spacial score (nSPS) is 10.7. The van der Waals surface area contributed by atoms with Gasteiger partial charge >= 0.3 is 0 Å². The van der Waals surface area contributed by atoms with Crippen LogP contribution in [0.2, 0.25) is 0 Å². The molecule has 0 bridgehead atoms. The summed E-state index contributed by atoms with van der Waals surface area (Å²) in [4.78, 5) is 8.71. The standard InChI is InChI=1S/C14H14FN5/c1-2-16-12-9-20-7-6-17-14(20)13(19-12)18-11-5-3-4-10(15)8-11/h3-9,16H,2H2,1H3,(H,18,19). The molecule has 0 aliphatic rings. The number of halogens is 1. The van der Waals surface area contributed by atoms with E-state index in [-0.39, 0.29) is 5.82 Å². The van der Waals surface area contributed by atoms with Gasteiger partial charge in [-0.2, -0.15) is 0 Å². The van der Waals surface area contributed by atoms with E-state index >= 15 is 0 Å². The lowest BCUT2D eigenvalue weighted by molar-refractivity contribution is 0.628. The molecule has 20 heavy (non-hydrogen) atoms. The summed E-state index contributed by atoms with van der Waals surface area (Å²) in [6.45, 7) is 2.77. The van der Waals surface area contributed by atoms with Crippen molar-refractivity contribution in [1.29, 1.82) is 0 Å². The van der Waals surface area contributed by atoms with E-state index in [2.05, 4.69) is 20.6 Å². The number of hydrogen-bond donors (Lipinski definition) is 2. The van der Waals surface area contributed by atoms with Gasteiger partial charge in [0.05, 0.1) is 6.20 Å². The van der Waals surface area contributed by atoms with E-state index in [4.69, 9.17) is 0 Å². The van der Waals surface area contributed by atoms with Crippen molar-refractivity contribution >= 4 is 23.0 Å². The molecular formula is C14H14FN5. The van der Waals surface area contributed by atoms with Crippen molar-refractivity contribution in [1.82, 2.24) is 14.4 Å². The Morgan fingerprint density at radius 3 is 3.05 bits per heavy atom. The number of nitrogens with zero attached hydrogens (tertiary/aromatic N) is 3. The molecule has 0 unspecified atom stereocenters. The monoisotopic (exact) mass is 271 g/mol. The van der Waals surface area contributed by atoms with Crippen LogP contribution in [0.5, 0.6) is 0 Å². The third-order valence-corrected chi connectivity index (χ3v) is 2.82. The number of fused-ring (bicyclic) bond motifs is 1. The van der Waals surface area contributed by atoms with Crippen molar-refractivity contribution in [3.8, 4) is 0 Å². The van der Waals surface area contributed by atoms with Crippen LogP contribution in [-0.2, 0) is 0 Å². The highest BCUT2D eigenvalue weighted by molar-refractivity contribution is 5.71. The molecule has 2 N–H and O–H groups in total. The summed E-state index contributed by atoms with van der Waals surface area (Å²) in [5.41, 5.74) is 1.33. The van der Waals surface area contributed by atoms with Crippen molar-refractivity contribution in [3.63, 3.8) is 0 Å². The Labute approximate surface area is 115 Å². The number of imidazole rings is 1. The fourth-order valence-electron chi connectivity index (χ4n) is 1.98. The molecule has 0 fully saturated rings. The van der Waals surface area contributed by atoms with E-state index in [0.29, 0.717) is 17.2 Å². The van der Waals surface area contributed by atoms with Crippen LogP contribution in [0.15, 0.2) is 42.9 Å². The van der Waals surface area contributed by atoms with Gasteiger partial charge < -0.3 is 15.0 Å². The van der Waals surface area contributed by atoms with Gasteiger partial charge in [0, 0.05) is 24.6 Å². The lowest BCUT2D eigenvalue weighted by Crippen LogP contribution is -2.05. The fourth-order valence-corrected chi connectivity index (χ4v) is 1.98. The average molecular weight is 271 g/mol. The van der Waals surface area contributed by atoms with Gasteiger partial charge in [-0.25, -0.2) is 14.4 Å². The molecule has 0 amide bonds. The molecule has 2 aromatic heterocycles. The van der Waals surface area contributed by atoms with Gasteiger partial charge in [0.15, 0.2) is 11.5 Å². The van der Waals surface area contributed by atoms with Crippen molar-refractivity contribution in [2.24, 2.45) is 0 Å². The molecule has 1 aromatic carbocycles. The number of nitrogens with one attached hydrogen (secondary N) is 2. The highest BCUT2D eigenvalue weighted by atomic mass is 19.1. The molecule has 6 heteroatoms. The summed E-state index contributed by atoms with van der Waals surface area (Å²) < 4.78 is 15.1. The van der Waals surface area contributed by atoms with Crippen LogP contribution in [0.4, 0.5) is 21.7 Å². The van der Waals surface area contributed by atoms with Gasteiger partial charge in [0.1, 0.15) is 11.6 Å². The van der Waals surface area contributed by atoms with E-state index in [1.54, 1.807) is 18.3 Å². The van der Waals surface area contributed by atoms with E-state index in [0.717, 1.165) is 12.4 Å². The van der Waals surface area contributed by atoms with Crippen LogP contribution < -0.4 is 10.6 Å². The van der Waals surface area contributed by atoms with Crippen LogP contribution in [0.25, 0.3) is 5.65 Å². The third kappa shape index (κ3) is 2.40. The average Bonchev–Trinajstić information content (AvgIpc) is 2.87. The molecule has 0 saturated heterocycles. The Morgan fingerprint density at radius 2 is 2.25 bits per heavy atom. The van der Waals surface area contributed by atoms with Crippen LogP contribution in [0, 0.1) is 5.82 Å². The number of rotatable bonds is 4. The number of benzene rings is 1. The molecule has 0 radical (unpaired) electrons. The quantitative estimate of drug-likeness (QED) is 0.765. The summed E-state index contributed by atoms with van der Waals surface area (Å²) in [7, 11) is 0. The molecule has 0 atom stereocenters. The van der Waals surface area contributed by atoms with Crippen LogP contribution in [0.3, 0.4) is 0 Å². The SMILES string of the molecule is CCNc1cn2ccnc2c(Nc2cccc(F)c2)n1. The van der Waals surface area contributed by atoms with Gasteiger partial charge in [-0.15, -0.1) is 0 Å². The molecule has 3 rings (SSSR count). The molecule has 0 aliphatic carbocycles. The maximum atomic E-state index is 13.2. The topological polar surface area (TPSA) is 54.2 Å². The Hall–Kier alpha value is -2.63. The van der Waals surface area contributed by atoms with E-state index in [1.807, 2.05) is 23.7 Å². The number of anilines is 3. The van der Waals surface area contributed by atoms with Crippen molar-refractivity contribution in [3.05, 3.63) is 48.7 Å². The first-order chi connectivity index (χ1) is 9.76. The third-order valence-electron chi connectivity index (χ3n) is 2.82. The Bertz CT molecular complexity index is 737. The Morgan fingerprint density at radius 1 is 1.35 bits per heavy atom. The van der Waals surface area contributed by atoms with Crippen LogP contribution in [-0.4, -0.2) is 20.9 Å². The fraction of sp³-hybridized carbons (Fsp3) is 0.143. The molecule has 0 saturated carbocycles. The first-order valence-corrected chi connectivity index (χ1v) is 6.36. The smallest absolute Gasteiger partial charge is 0.180 e. The van der Waals surface area contributed by atoms with Crippen LogP contribution in [0.1, 0.15) is 6.92 Å². The lowest BCUT2D eigenvalue weighted by Gasteiger charge is -2.10. The summed E-state index contributed by atoms with van der Waals surface area (Å²) in [6, 6.07) is 6.25. The summed E-state index contributed by atoms with van der Waals surface area (Å²) in [5.74, 6) is 1.02. The van der Waals surface area contributed by atoms with Crippen molar-refractivity contribution in [2.45, 2.75) is 6.92 Å². The van der Waals surface area contributed by atoms with Crippen molar-refractivity contribution in [2.75, 3.05) is 17.2 Å². The molecular weight excluding hydrogens is 257 g/mol. The molecule has 102 valence electrons. The predicted molar refractivity (Wildman–Crippen MR) is 76.8 cm³/mol. The molecule has 5 nitrogen and oxygen atoms in total. The highest BCUT2D eigenvalue weighted by Gasteiger charge is 2.08. The van der Waals surface area contributed by atoms with Gasteiger partial charge in [-0.05, 0) is 25.1 Å². The summed E-state index contributed by atoms with van der Waals surface area (Å²) >= 11 is 0.